The van der Waals surface area contributed by atoms with Crippen molar-refractivity contribution in [1.29, 1.82) is 0 Å². The fourth-order valence-electron chi connectivity index (χ4n) is 3.22. The first-order chi connectivity index (χ1) is 12.1. The summed E-state index contributed by atoms with van der Waals surface area (Å²) in [5.41, 5.74) is 2.61. The second-order valence-electron chi connectivity index (χ2n) is 6.13. The maximum atomic E-state index is 12.8. The van der Waals surface area contributed by atoms with E-state index in [0.717, 1.165) is 23.3 Å². The topological polar surface area (TPSA) is 76.1 Å². The first-order valence-corrected chi connectivity index (χ1v) is 8.15. The van der Waals surface area contributed by atoms with E-state index in [1.807, 2.05) is 18.2 Å². The monoisotopic (exact) mass is 339 g/mol. The van der Waals surface area contributed by atoms with Crippen LogP contribution in [0.1, 0.15) is 11.1 Å². The van der Waals surface area contributed by atoms with Gasteiger partial charge in [-0.1, -0.05) is 24.3 Å². The summed E-state index contributed by atoms with van der Waals surface area (Å²) in [6, 6.07) is 12.8. The largest absolute Gasteiger partial charge is 0.493 e. The fourth-order valence-corrected chi connectivity index (χ4v) is 3.22. The molecule has 0 aliphatic carbocycles. The number of benzene rings is 2. The highest BCUT2D eigenvalue weighted by Crippen LogP contribution is 2.34. The molecule has 1 amide bonds. The maximum absolute atomic E-state index is 12.8. The number of para-hydroxylation sites is 2. The molecule has 0 bridgehead atoms. The molecule has 0 spiro atoms. The Morgan fingerprint density at radius 3 is 2.84 bits per heavy atom. The summed E-state index contributed by atoms with van der Waals surface area (Å²) in [4.78, 5) is 25.7. The zero-order valence-corrected chi connectivity index (χ0v) is 13.5. The lowest BCUT2D eigenvalue weighted by atomic mass is 10.0. The molecule has 0 aromatic heterocycles. The average molecular weight is 339 g/mol. The number of hydrogen-bond donors (Lipinski definition) is 1. The molecule has 0 fully saturated rings. The van der Waals surface area contributed by atoms with Gasteiger partial charge in [0.1, 0.15) is 11.5 Å². The molecule has 2 aromatic carbocycles. The van der Waals surface area contributed by atoms with Gasteiger partial charge in [0, 0.05) is 6.42 Å². The van der Waals surface area contributed by atoms with E-state index in [2.05, 4.69) is 0 Å². The van der Waals surface area contributed by atoms with Gasteiger partial charge >= 0.3 is 5.97 Å². The predicted molar refractivity (Wildman–Crippen MR) is 90.2 cm³/mol. The van der Waals surface area contributed by atoms with Crippen LogP contribution in [0.4, 0.5) is 5.69 Å². The van der Waals surface area contributed by atoms with Crippen LogP contribution in [-0.4, -0.2) is 36.2 Å². The molecule has 25 heavy (non-hydrogen) atoms. The molecule has 6 heteroatoms. The average Bonchev–Trinajstić information content (AvgIpc) is 3.08. The Balaban J connectivity index is 1.59. The SMILES string of the molecule is O=C(O)C1CN(C(=O)Cc2ccc3c(c2)CCO3)c2ccccc2O1. The van der Waals surface area contributed by atoms with E-state index in [-0.39, 0.29) is 18.9 Å². The van der Waals surface area contributed by atoms with Crippen LogP contribution in [0.5, 0.6) is 11.5 Å². The van der Waals surface area contributed by atoms with Crippen molar-refractivity contribution in [2.45, 2.75) is 18.9 Å². The van der Waals surface area contributed by atoms with Crippen molar-refractivity contribution >= 4 is 17.6 Å². The van der Waals surface area contributed by atoms with Gasteiger partial charge in [0.2, 0.25) is 12.0 Å². The number of carbonyl (C=O) groups is 2. The Labute approximate surface area is 144 Å². The Morgan fingerprint density at radius 1 is 1.16 bits per heavy atom. The zero-order valence-electron chi connectivity index (χ0n) is 13.5. The van der Waals surface area contributed by atoms with E-state index >= 15 is 0 Å². The number of carboxylic acids is 1. The Morgan fingerprint density at radius 2 is 2.00 bits per heavy atom. The third kappa shape index (κ3) is 2.91. The number of carboxylic acid groups (broad SMARTS) is 1. The zero-order chi connectivity index (χ0) is 17.4. The molecule has 0 saturated carbocycles. The van der Waals surface area contributed by atoms with Gasteiger partial charge in [0.25, 0.3) is 0 Å². The number of fused-ring (bicyclic) bond motifs is 2. The Bertz CT molecular complexity index is 847. The van der Waals surface area contributed by atoms with Crippen LogP contribution in [0.25, 0.3) is 0 Å². The predicted octanol–water partition coefficient (Wildman–Crippen LogP) is 2.04. The minimum atomic E-state index is -1.08. The number of aliphatic carboxylic acids is 1. The molecular formula is C19H17NO5. The maximum Gasteiger partial charge on any atom is 0.346 e. The number of hydrogen-bond acceptors (Lipinski definition) is 4. The summed E-state index contributed by atoms with van der Waals surface area (Å²) in [5.74, 6) is 0.0542. The van der Waals surface area contributed by atoms with Crippen molar-refractivity contribution in [2.75, 3.05) is 18.1 Å². The highest BCUT2D eigenvalue weighted by Gasteiger charge is 2.33. The normalized spacial score (nSPS) is 17.9. The molecule has 1 unspecified atom stereocenters. The molecule has 4 rings (SSSR count). The quantitative estimate of drug-likeness (QED) is 0.926. The lowest BCUT2D eigenvalue weighted by molar-refractivity contribution is -0.145. The van der Waals surface area contributed by atoms with E-state index in [1.54, 1.807) is 24.3 Å². The summed E-state index contributed by atoms with van der Waals surface area (Å²) < 4.78 is 11.0. The minimum absolute atomic E-state index is 0.000762. The van der Waals surface area contributed by atoms with Gasteiger partial charge in [-0.3, -0.25) is 4.79 Å². The summed E-state index contributed by atoms with van der Waals surface area (Å²) >= 11 is 0. The lowest BCUT2D eigenvalue weighted by Crippen LogP contribution is -2.47. The number of nitrogens with zero attached hydrogens (tertiary/aromatic N) is 1. The van der Waals surface area contributed by atoms with Gasteiger partial charge in [-0.2, -0.15) is 0 Å². The molecular weight excluding hydrogens is 322 g/mol. The standard InChI is InChI=1S/C19H17NO5/c21-18(10-12-5-6-15-13(9-12)7-8-24-15)20-11-17(19(22)23)25-16-4-2-1-3-14(16)20/h1-6,9,17H,7-8,10-11H2,(H,22,23). The van der Waals surface area contributed by atoms with E-state index < -0.39 is 12.1 Å². The molecule has 1 N–H and O–H groups in total. The van der Waals surface area contributed by atoms with Crippen LogP contribution in [-0.2, 0) is 22.4 Å². The van der Waals surface area contributed by atoms with E-state index in [9.17, 15) is 14.7 Å². The fraction of sp³-hybridized carbons (Fsp3) is 0.263. The van der Waals surface area contributed by atoms with Gasteiger partial charge < -0.3 is 19.5 Å². The third-order valence-corrected chi connectivity index (χ3v) is 4.46. The molecule has 0 saturated heterocycles. The molecule has 6 nitrogen and oxygen atoms in total. The lowest BCUT2D eigenvalue weighted by Gasteiger charge is -2.33. The van der Waals surface area contributed by atoms with E-state index in [1.165, 1.54) is 4.90 Å². The molecule has 2 aromatic rings. The number of carbonyl (C=O) groups excluding carboxylic acids is 1. The number of ether oxygens (including phenoxy) is 2. The molecule has 128 valence electrons. The Kier molecular flexibility index (Phi) is 3.80. The van der Waals surface area contributed by atoms with Crippen molar-refractivity contribution in [2.24, 2.45) is 0 Å². The second kappa shape index (κ2) is 6.12. The van der Waals surface area contributed by atoms with Gasteiger partial charge in [0.05, 0.1) is 25.3 Å². The molecule has 2 heterocycles. The minimum Gasteiger partial charge on any atom is -0.493 e. The van der Waals surface area contributed by atoms with Crippen molar-refractivity contribution in [3.05, 3.63) is 53.6 Å². The number of anilines is 1. The first-order valence-electron chi connectivity index (χ1n) is 8.15. The van der Waals surface area contributed by atoms with Crippen LogP contribution in [0.3, 0.4) is 0 Å². The van der Waals surface area contributed by atoms with Gasteiger partial charge in [-0.15, -0.1) is 0 Å². The summed E-state index contributed by atoms with van der Waals surface area (Å²) in [5, 5.41) is 9.28. The van der Waals surface area contributed by atoms with Crippen molar-refractivity contribution in [3.63, 3.8) is 0 Å². The van der Waals surface area contributed by atoms with Crippen molar-refractivity contribution in [3.8, 4) is 11.5 Å². The van der Waals surface area contributed by atoms with Crippen LogP contribution >= 0.6 is 0 Å². The summed E-state index contributed by atoms with van der Waals surface area (Å²) in [6.45, 7) is 0.670. The van der Waals surface area contributed by atoms with Crippen LogP contribution in [0.2, 0.25) is 0 Å². The molecule has 1 atom stereocenters. The summed E-state index contributed by atoms with van der Waals surface area (Å²) in [6.07, 6.45) is -0.0143. The smallest absolute Gasteiger partial charge is 0.346 e. The molecule has 2 aliphatic rings. The first kappa shape index (κ1) is 15.5. The van der Waals surface area contributed by atoms with Crippen LogP contribution < -0.4 is 14.4 Å². The summed E-state index contributed by atoms with van der Waals surface area (Å²) in [7, 11) is 0. The number of rotatable bonds is 3. The number of amides is 1. The van der Waals surface area contributed by atoms with E-state index in [4.69, 9.17) is 9.47 Å². The third-order valence-electron chi connectivity index (χ3n) is 4.46. The van der Waals surface area contributed by atoms with Gasteiger partial charge in [0.15, 0.2) is 0 Å². The van der Waals surface area contributed by atoms with Crippen LogP contribution in [0, 0.1) is 0 Å². The molecule has 0 radical (unpaired) electrons. The van der Waals surface area contributed by atoms with Gasteiger partial charge in [-0.25, -0.2) is 4.79 Å². The van der Waals surface area contributed by atoms with Gasteiger partial charge in [-0.05, 0) is 29.3 Å². The highest BCUT2D eigenvalue weighted by atomic mass is 16.5. The molecule has 2 aliphatic heterocycles. The van der Waals surface area contributed by atoms with Crippen molar-refractivity contribution < 1.29 is 24.2 Å². The van der Waals surface area contributed by atoms with E-state index in [0.29, 0.717) is 18.0 Å². The van der Waals surface area contributed by atoms with Crippen molar-refractivity contribution in [1.82, 2.24) is 0 Å². The van der Waals surface area contributed by atoms with Crippen LogP contribution in [0.15, 0.2) is 42.5 Å². The second-order valence-corrected chi connectivity index (χ2v) is 6.13. The highest BCUT2D eigenvalue weighted by molar-refractivity contribution is 5.97. The Hall–Kier alpha value is -3.02.